The Balaban J connectivity index is 0.00000205. The number of pyridine rings is 1. The summed E-state index contributed by atoms with van der Waals surface area (Å²) in [5, 5.41) is 12.4. The fourth-order valence-electron chi connectivity index (χ4n) is 4.77. The molecule has 206 valence electrons. The summed E-state index contributed by atoms with van der Waals surface area (Å²) in [6.07, 6.45) is 7.84. The molecule has 1 heterocycles. The topological polar surface area (TPSA) is 99.8 Å². The number of hydrogen-bond acceptors (Lipinski definition) is 5. The van der Waals surface area contributed by atoms with Crippen LogP contribution in [0.4, 0.5) is 5.69 Å². The standard InChI is InChI=1S/C28H28ClN3O5.CH3Cl/c1-31(28(14-5-4-13-25(28)33)23-11-2-3-12-24(23)29)18-37-19-32-15-7-9-21(17-32)26(34)30-22-10-6-8-20(16-22)27(35)36;1-2/h2-3,6-12,15-17H,4-5,13-14,18-19H2,1H3,(H-,30,34,35,36);1H3/p+1. The number of carbonyl (C=O) groups excluding carboxylic acids is 2. The lowest BCUT2D eigenvalue weighted by atomic mass is 9.74. The van der Waals surface area contributed by atoms with Crippen LogP contribution >= 0.6 is 23.2 Å². The maximum absolute atomic E-state index is 13.2. The fourth-order valence-corrected chi connectivity index (χ4v) is 5.06. The number of anilines is 1. The average Bonchev–Trinajstić information content (AvgIpc) is 2.95. The minimum absolute atomic E-state index is 0.0875. The zero-order chi connectivity index (χ0) is 28.4. The third-order valence-corrected chi connectivity index (χ3v) is 6.97. The number of Topliss-reactive ketones (excluding diaryl/α,β-unsaturated/α-hetero) is 1. The number of aromatic nitrogens is 1. The van der Waals surface area contributed by atoms with Gasteiger partial charge in [-0.1, -0.05) is 42.3 Å². The Morgan fingerprint density at radius 3 is 2.54 bits per heavy atom. The summed E-state index contributed by atoms with van der Waals surface area (Å²) in [6, 6.07) is 16.9. The minimum Gasteiger partial charge on any atom is -0.478 e. The van der Waals surface area contributed by atoms with Crippen LogP contribution < -0.4 is 9.88 Å². The summed E-state index contributed by atoms with van der Waals surface area (Å²) in [7, 11) is 1.87. The van der Waals surface area contributed by atoms with Gasteiger partial charge in [-0.3, -0.25) is 14.5 Å². The summed E-state index contributed by atoms with van der Waals surface area (Å²) in [5.74, 6) is -1.31. The van der Waals surface area contributed by atoms with E-state index < -0.39 is 11.5 Å². The van der Waals surface area contributed by atoms with Gasteiger partial charge < -0.3 is 15.2 Å². The van der Waals surface area contributed by atoms with Crippen LogP contribution in [0.2, 0.25) is 5.02 Å². The van der Waals surface area contributed by atoms with Crippen molar-refractivity contribution in [1.29, 1.82) is 0 Å². The van der Waals surface area contributed by atoms with Crippen LogP contribution in [0, 0.1) is 0 Å². The van der Waals surface area contributed by atoms with Gasteiger partial charge in [-0.05, 0) is 55.8 Å². The van der Waals surface area contributed by atoms with Gasteiger partial charge in [0, 0.05) is 29.6 Å². The van der Waals surface area contributed by atoms with Gasteiger partial charge in [0.25, 0.3) is 12.6 Å². The molecule has 0 saturated heterocycles. The number of ketones is 1. The van der Waals surface area contributed by atoms with Crippen molar-refractivity contribution >= 4 is 46.5 Å². The first-order valence-corrected chi connectivity index (χ1v) is 13.5. The van der Waals surface area contributed by atoms with Crippen molar-refractivity contribution in [3.8, 4) is 0 Å². The normalized spacial score (nSPS) is 16.8. The molecule has 1 aromatic heterocycles. The number of carboxylic acids is 1. The van der Waals surface area contributed by atoms with E-state index in [0.717, 1.165) is 18.4 Å². The van der Waals surface area contributed by atoms with Gasteiger partial charge in [0.05, 0.1) is 5.56 Å². The molecule has 1 atom stereocenters. The van der Waals surface area contributed by atoms with Crippen molar-refractivity contribution < 1.29 is 28.8 Å². The first-order valence-electron chi connectivity index (χ1n) is 12.4. The van der Waals surface area contributed by atoms with Crippen LogP contribution in [0.15, 0.2) is 73.1 Å². The molecule has 3 aromatic rings. The number of carboxylic acid groups (broad SMARTS) is 1. The third kappa shape index (κ3) is 7.22. The summed E-state index contributed by atoms with van der Waals surface area (Å²) in [6.45, 7) is 0.342. The number of halogens is 2. The fraction of sp³-hybridized carbons (Fsp3) is 0.310. The van der Waals surface area contributed by atoms with Crippen LogP contribution in [-0.4, -0.2) is 47.8 Å². The highest BCUT2D eigenvalue weighted by Crippen LogP contribution is 2.42. The molecule has 39 heavy (non-hydrogen) atoms. The number of aromatic carboxylic acids is 1. The second-order valence-electron chi connectivity index (χ2n) is 9.08. The highest BCUT2D eigenvalue weighted by atomic mass is 35.5. The lowest BCUT2D eigenvalue weighted by Crippen LogP contribution is -2.53. The van der Waals surface area contributed by atoms with Crippen molar-refractivity contribution in [2.75, 3.05) is 25.5 Å². The van der Waals surface area contributed by atoms with Crippen LogP contribution in [0.25, 0.3) is 0 Å². The van der Waals surface area contributed by atoms with Crippen LogP contribution in [-0.2, 0) is 21.8 Å². The first-order chi connectivity index (χ1) is 18.8. The monoisotopic (exact) mass is 572 g/mol. The second kappa shape index (κ2) is 14.2. The number of ether oxygens (including phenoxy) is 1. The molecule has 0 radical (unpaired) electrons. The van der Waals surface area contributed by atoms with E-state index in [0.29, 0.717) is 29.1 Å². The van der Waals surface area contributed by atoms with E-state index in [1.54, 1.807) is 47.3 Å². The molecule has 0 bridgehead atoms. The third-order valence-electron chi connectivity index (χ3n) is 6.64. The number of amides is 1. The van der Waals surface area contributed by atoms with E-state index >= 15 is 0 Å². The molecule has 2 N–H and O–H groups in total. The Hall–Kier alpha value is -3.30. The summed E-state index contributed by atoms with van der Waals surface area (Å²) in [5.41, 5.74) is 0.818. The molecule has 4 rings (SSSR count). The van der Waals surface area contributed by atoms with Gasteiger partial charge in [0.1, 0.15) is 17.8 Å². The first kappa shape index (κ1) is 30.2. The molecule has 1 amide bonds. The second-order valence-corrected chi connectivity index (χ2v) is 9.48. The molecule has 1 aliphatic carbocycles. The Bertz CT molecular complexity index is 1320. The van der Waals surface area contributed by atoms with E-state index in [1.807, 2.05) is 30.1 Å². The van der Waals surface area contributed by atoms with E-state index in [2.05, 4.69) is 16.9 Å². The average molecular weight is 573 g/mol. The van der Waals surface area contributed by atoms with Gasteiger partial charge in [0.15, 0.2) is 18.2 Å². The van der Waals surface area contributed by atoms with Crippen LogP contribution in [0.3, 0.4) is 0 Å². The molecule has 1 unspecified atom stereocenters. The number of alkyl halides is 1. The zero-order valence-electron chi connectivity index (χ0n) is 21.9. The van der Waals surface area contributed by atoms with Gasteiger partial charge in [-0.15, -0.1) is 11.6 Å². The number of nitrogens with zero attached hydrogens (tertiary/aromatic N) is 2. The molecule has 8 nitrogen and oxygen atoms in total. The van der Waals surface area contributed by atoms with Crippen LogP contribution in [0.5, 0.6) is 0 Å². The predicted molar refractivity (Wildman–Crippen MR) is 150 cm³/mol. The lowest BCUT2D eigenvalue weighted by Gasteiger charge is -2.43. The number of rotatable bonds is 9. The predicted octanol–water partition coefficient (Wildman–Crippen LogP) is 5.34. The molecular formula is C29H32Cl2N3O5+. The van der Waals surface area contributed by atoms with Gasteiger partial charge >= 0.3 is 5.97 Å². The molecule has 1 fully saturated rings. The molecule has 0 aliphatic heterocycles. The molecule has 2 aromatic carbocycles. The summed E-state index contributed by atoms with van der Waals surface area (Å²) >= 11 is 11.2. The Kier molecular flexibility index (Phi) is 11.0. The lowest BCUT2D eigenvalue weighted by molar-refractivity contribution is -0.733. The maximum Gasteiger partial charge on any atom is 0.335 e. The number of benzene rings is 2. The number of nitrogens with one attached hydrogen (secondary N) is 1. The molecule has 1 aliphatic rings. The molecule has 0 spiro atoms. The van der Waals surface area contributed by atoms with Crippen molar-refractivity contribution in [2.45, 2.75) is 38.0 Å². The number of hydrogen-bond donors (Lipinski definition) is 2. The smallest absolute Gasteiger partial charge is 0.335 e. The minimum atomic E-state index is -1.07. The van der Waals surface area contributed by atoms with E-state index in [4.69, 9.17) is 21.4 Å². The van der Waals surface area contributed by atoms with Gasteiger partial charge in [-0.2, -0.15) is 4.57 Å². The summed E-state index contributed by atoms with van der Waals surface area (Å²) < 4.78 is 7.68. The van der Waals surface area contributed by atoms with Crippen LogP contribution in [0.1, 0.15) is 52.0 Å². The van der Waals surface area contributed by atoms with E-state index in [-0.39, 0.29) is 30.7 Å². The Labute approximate surface area is 238 Å². The van der Waals surface area contributed by atoms with Crippen molar-refractivity contribution in [3.05, 3.63) is 94.8 Å². The summed E-state index contributed by atoms with van der Waals surface area (Å²) in [4.78, 5) is 39.1. The Morgan fingerprint density at radius 1 is 1.08 bits per heavy atom. The van der Waals surface area contributed by atoms with E-state index in [1.165, 1.54) is 18.5 Å². The number of carbonyl (C=O) groups is 3. The van der Waals surface area contributed by atoms with Crippen molar-refractivity contribution in [2.24, 2.45) is 0 Å². The van der Waals surface area contributed by atoms with Gasteiger partial charge in [0.2, 0.25) is 0 Å². The largest absolute Gasteiger partial charge is 0.478 e. The maximum atomic E-state index is 13.2. The van der Waals surface area contributed by atoms with Gasteiger partial charge in [-0.25, -0.2) is 4.79 Å². The van der Waals surface area contributed by atoms with Crippen molar-refractivity contribution in [3.63, 3.8) is 0 Å². The highest BCUT2D eigenvalue weighted by Gasteiger charge is 2.46. The quantitative estimate of drug-likeness (QED) is 0.204. The van der Waals surface area contributed by atoms with Crippen molar-refractivity contribution in [1.82, 2.24) is 4.90 Å². The molecular weight excluding hydrogens is 541 g/mol. The van der Waals surface area contributed by atoms with E-state index in [9.17, 15) is 14.4 Å². The Morgan fingerprint density at radius 2 is 1.82 bits per heavy atom. The molecule has 1 saturated carbocycles. The highest BCUT2D eigenvalue weighted by molar-refractivity contribution is 6.31. The zero-order valence-corrected chi connectivity index (χ0v) is 23.4. The molecule has 10 heteroatoms. The SMILES string of the molecule is CCl.CN(COC[n+]1cccc(C(=O)Nc2cccc(C(=O)O)c2)c1)C1(c2ccccc2Cl)CCCCC1=O. The number of likely N-dealkylation sites (N-methyl/N-ethyl adjacent to an activating group) is 1.